The number of hydrogen-bond donors (Lipinski definition) is 1. The van der Waals surface area contributed by atoms with Crippen molar-refractivity contribution in [3.63, 3.8) is 0 Å². The number of hydrogen-bond acceptors (Lipinski definition) is 2. The lowest BCUT2D eigenvalue weighted by Crippen LogP contribution is -2.42. The van der Waals surface area contributed by atoms with Crippen molar-refractivity contribution in [2.75, 3.05) is 13.1 Å². The lowest BCUT2D eigenvalue weighted by atomic mass is 10.0. The fourth-order valence-corrected chi connectivity index (χ4v) is 3.08. The van der Waals surface area contributed by atoms with Crippen LogP contribution in [-0.4, -0.2) is 29.9 Å². The van der Waals surface area contributed by atoms with Crippen LogP contribution in [0, 0.1) is 11.8 Å². The third-order valence-corrected chi connectivity index (χ3v) is 3.95. The average molecular weight is 210 g/mol. The summed E-state index contributed by atoms with van der Waals surface area (Å²) >= 11 is 0. The van der Waals surface area contributed by atoms with Gasteiger partial charge in [0.1, 0.15) is 0 Å². The maximum absolute atomic E-state index is 12.0. The van der Waals surface area contributed by atoms with Crippen molar-refractivity contribution in [3.8, 4) is 0 Å². The zero-order chi connectivity index (χ0) is 10.8. The third-order valence-electron chi connectivity index (χ3n) is 3.95. The largest absolute Gasteiger partial charge is 0.341 e. The van der Waals surface area contributed by atoms with Crippen LogP contribution < -0.4 is 5.73 Å². The third kappa shape index (κ3) is 2.17. The summed E-state index contributed by atoms with van der Waals surface area (Å²) in [6, 6.07) is -0.256. The van der Waals surface area contributed by atoms with E-state index in [4.69, 9.17) is 5.73 Å². The molecule has 0 radical (unpaired) electrons. The number of likely N-dealkylation sites (tertiary alicyclic amines) is 1. The number of carbonyl (C=O) groups excluding carboxylic acids is 1. The molecule has 3 unspecified atom stereocenters. The van der Waals surface area contributed by atoms with Crippen LogP contribution in [0.5, 0.6) is 0 Å². The molecule has 0 aromatic carbocycles. The van der Waals surface area contributed by atoms with E-state index in [2.05, 4.69) is 6.92 Å². The molecule has 0 aromatic rings. The molecule has 1 aliphatic carbocycles. The zero-order valence-electron chi connectivity index (χ0n) is 9.61. The van der Waals surface area contributed by atoms with Gasteiger partial charge in [-0.05, 0) is 31.1 Å². The van der Waals surface area contributed by atoms with E-state index in [1.54, 1.807) is 0 Å². The molecule has 86 valence electrons. The van der Waals surface area contributed by atoms with Gasteiger partial charge in [0, 0.05) is 13.1 Å². The summed E-state index contributed by atoms with van der Waals surface area (Å²) < 4.78 is 0. The average Bonchev–Trinajstić information content (AvgIpc) is 2.75. The van der Waals surface area contributed by atoms with Crippen molar-refractivity contribution < 1.29 is 4.79 Å². The summed E-state index contributed by atoms with van der Waals surface area (Å²) in [6.45, 7) is 4.02. The van der Waals surface area contributed by atoms with Crippen LogP contribution in [0.3, 0.4) is 0 Å². The van der Waals surface area contributed by atoms with E-state index in [1.165, 1.54) is 19.3 Å². The topological polar surface area (TPSA) is 46.3 Å². The number of rotatable bonds is 3. The molecule has 2 N–H and O–H groups in total. The first-order chi connectivity index (χ1) is 7.22. The van der Waals surface area contributed by atoms with Gasteiger partial charge >= 0.3 is 0 Å². The molecule has 1 saturated heterocycles. The van der Waals surface area contributed by atoms with Crippen LogP contribution in [0.25, 0.3) is 0 Å². The van der Waals surface area contributed by atoms with E-state index in [1.807, 2.05) is 4.90 Å². The minimum absolute atomic E-state index is 0.186. The Hall–Kier alpha value is -0.570. The highest BCUT2D eigenvalue weighted by atomic mass is 16.2. The molecular formula is C12H22N2O. The van der Waals surface area contributed by atoms with Gasteiger partial charge in [0.25, 0.3) is 0 Å². The first-order valence-electron chi connectivity index (χ1n) is 6.26. The fourth-order valence-electron chi connectivity index (χ4n) is 3.08. The van der Waals surface area contributed by atoms with Gasteiger partial charge in [0.15, 0.2) is 0 Å². The Morgan fingerprint density at radius 2 is 2.00 bits per heavy atom. The van der Waals surface area contributed by atoms with Gasteiger partial charge in [0.05, 0.1) is 6.04 Å². The molecule has 1 saturated carbocycles. The minimum Gasteiger partial charge on any atom is -0.341 e. The standard InChI is InChI=1S/C12H22N2O/c1-2-4-11(13)12(15)14-7-9-5-3-6-10(9)8-14/h9-11H,2-8,13H2,1H3. The predicted molar refractivity (Wildman–Crippen MR) is 60.3 cm³/mol. The Morgan fingerprint density at radius 3 is 2.53 bits per heavy atom. The second kappa shape index (κ2) is 4.52. The molecule has 1 heterocycles. The quantitative estimate of drug-likeness (QED) is 0.764. The van der Waals surface area contributed by atoms with Gasteiger partial charge in [-0.1, -0.05) is 19.8 Å². The van der Waals surface area contributed by atoms with Gasteiger partial charge in [-0.2, -0.15) is 0 Å². The Morgan fingerprint density at radius 1 is 1.40 bits per heavy atom. The Balaban J connectivity index is 1.87. The van der Waals surface area contributed by atoms with Crippen molar-refractivity contribution in [1.29, 1.82) is 0 Å². The van der Waals surface area contributed by atoms with E-state index >= 15 is 0 Å². The molecule has 15 heavy (non-hydrogen) atoms. The molecule has 1 aliphatic heterocycles. The molecule has 1 amide bonds. The van der Waals surface area contributed by atoms with Crippen LogP contribution in [0.1, 0.15) is 39.0 Å². The van der Waals surface area contributed by atoms with Crippen molar-refractivity contribution in [2.45, 2.75) is 45.1 Å². The second-order valence-electron chi connectivity index (χ2n) is 5.09. The van der Waals surface area contributed by atoms with Gasteiger partial charge < -0.3 is 10.6 Å². The van der Waals surface area contributed by atoms with E-state index < -0.39 is 0 Å². The molecule has 0 aromatic heterocycles. The first kappa shape index (κ1) is 10.9. The molecule has 3 atom stereocenters. The van der Waals surface area contributed by atoms with E-state index in [0.29, 0.717) is 0 Å². The summed E-state index contributed by atoms with van der Waals surface area (Å²) in [5.41, 5.74) is 5.87. The van der Waals surface area contributed by atoms with Gasteiger partial charge in [-0.25, -0.2) is 0 Å². The number of carbonyl (C=O) groups is 1. The maximum atomic E-state index is 12.0. The summed E-state index contributed by atoms with van der Waals surface area (Å²) in [5, 5.41) is 0. The molecule has 2 rings (SSSR count). The molecule has 2 aliphatic rings. The van der Waals surface area contributed by atoms with Crippen molar-refractivity contribution >= 4 is 5.91 Å². The van der Waals surface area contributed by atoms with Crippen molar-refractivity contribution in [2.24, 2.45) is 17.6 Å². The fraction of sp³-hybridized carbons (Fsp3) is 0.917. The summed E-state index contributed by atoms with van der Waals surface area (Å²) in [4.78, 5) is 14.0. The van der Waals surface area contributed by atoms with Crippen LogP contribution >= 0.6 is 0 Å². The minimum atomic E-state index is -0.256. The van der Waals surface area contributed by atoms with Crippen LogP contribution in [0.15, 0.2) is 0 Å². The molecule has 2 fully saturated rings. The van der Waals surface area contributed by atoms with Crippen LogP contribution in [0.4, 0.5) is 0 Å². The van der Waals surface area contributed by atoms with Crippen molar-refractivity contribution in [1.82, 2.24) is 4.90 Å². The molecule has 3 heteroatoms. The number of nitrogens with two attached hydrogens (primary N) is 1. The maximum Gasteiger partial charge on any atom is 0.239 e. The van der Waals surface area contributed by atoms with Crippen molar-refractivity contribution in [3.05, 3.63) is 0 Å². The SMILES string of the molecule is CCCC(N)C(=O)N1CC2CCCC2C1. The Kier molecular flexibility index (Phi) is 3.29. The normalized spacial score (nSPS) is 31.7. The molecule has 3 nitrogen and oxygen atoms in total. The highest BCUT2D eigenvalue weighted by molar-refractivity contribution is 5.81. The summed E-state index contributed by atoms with van der Waals surface area (Å²) in [5.74, 6) is 1.75. The van der Waals surface area contributed by atoms with Crippen LogP contribution in [0.2, 0.25) is 0 Å². The number of fused-ring (bicyclic) bond motifs is 1. The summed E-state index contributed by atoms with van der Waals surface area (Å²) in [7, 11) is 0. The number of amides is 1. The van der Waals surface area contributed by atoms with Gasteiger partial charge in [-0.15, -0.1) is 0 Å². The van der Waals surface area contributed by atoms with E-state index in [0.717, 1.165) is 37.8 Å². The lowest BCUT2D eigenvalue weighted by molar-refractivity contribution is -0.132. The Labute approximate surface area is 92.0 Å². The Bertz CT molecular complexity index is 230. The second-order valence-corrected chi connectivity index (χ2v) is 5.09. The van der Waals surface area contributed by atoms with Gasteiger partial charge in [0.2, 0.25) is 5.91 Å². The molecule has 0 spiro atoms. The monoisotopic (exact) mass is 210 g/mol. The molecule has 0 bridgehead atoms. The number of nitrogens with zero attached hydrogens (tertiary/aromatic N) is 1. The summed E-state index contributed by atoms with van der Waals surface area (Å²) in [6.07, 6.45) is 5.81. The van der Waals surface area contributed by atoms with Crippen LogP contribution in [-0.2, 0) is 4.79 Å². The predicted octanol–water partition coefficient (Wildman–Crippen LogP) is 1.37. The van der Waals surface area contributed by atoms with E-state index in [-0.39, 0.29) is 11.9 Å². The van der Waals surface area contributed by atoms with Gasteiger partial charge in [-0.3, -0.25) is 4.79 Å². The highest BCUT2D eigenvalue weighted by Crippen LogP contribution is 2.37. The molecular weight excluding hydrogens is 188 g/mol. The van der Waals surface area contributed by atoms with E-state index in [9.17, 15) is 4.79 Å². The smallest absolute Gasteiger partial charge is 0.239 e. The highest BCUT2D eigenvalue weighted by Gasteiger charge is 2.38. The zero-order valence-corrected chi connectivity index (χ0v) is 9.61. The first-order valence-corrected chi connectivity index (χ1v) is 6.26. The lowest BCUT2D eigenvalue weighted by Gasteiger charge is -2.21.